The monoisotopic (exact) mass is 417 g/mol. The van der Waals surface area contributed by atoms with Crippen LogP contribution in [0.1, 0.15) is 50.8 Å². The molecule has 0 radical (unpaired) electrons. The molecule has 31 heavy (non-hydrogen) atoms. The van der Waals surface area contributed by atoms with Crippen molar-refractivity contribution in [1.29, 1.82) is 0 Å². The molecule has 1 heterocycles. The molecule has 0 bridgehead atoms. The second-order valence-corrected chi connectivity index (χ2v) is 7.87. The van der Waals surface area contributed by atoms with E-state index in [0.717, 1.165) is 5.56 Å². The van der Waals surface area contributed by atoms with E-state index in [1.54, 1.807) is 29.2 Å². The van der Waals surface area contributed by atoms with Crippen LogP contribution in [0.2, 0.25) is 0 Å². The molecule has 1 N–H and O–H groups in total. The number of hydrogen-bond acceptors (Lipinski definition) is 3. The number of benzene rings is 3. The van der Waals surface area contributed by atoms with Gasteiger partial charge in [-0.25, -0.2) is 4.39 Å². The lowest BCUT2D eigenvalue weighted by molar-refractivity contribution is 0.0461. The minimum atomic E-state index is -0.550. The number of aliphatic hydroxyl groups is 1. The van der Waals surface area contributed by atoms with E-state index >= 15 is 0 Å². The Morgan fingerprint density at radius 2 is 1.42 bits per heavy atom. The molecule has 1 aliphatic rings. The average molecular weight is 417 g/mol. The highest BCUT2D eigenvalue weighted by molar-refractivity contribution is 6.15. The molecule has 158 valence electrons. The molecular formula is C26H24FNO3. The number of carbonyl (C=O) groups is 2. The summed E-state index contributed by atoms with van der Waals surface area (Å²) in [6, 6.07) is 21.6. The number of nitrogens with zero attached hydrogens (tertiary/aromatic N) is 1. The van der Waals surface area contributed by atoms with Gasteiger partial charge in [0.15, 0.2) is 5.78 Å². The lowest BCUT2D eigenvalue weighted by Gasteiger charge is -2.34. The number of rotatable bonds is 5. The number of aliphatic hydroxyl groups excluding tert-OH is 1. The molecular weight excluding hydrogens is 393 g/mol. The molecule has 4 nitrogen and oxygen atoms in total. The first-order valence-electron chi connectivity index (χ1n) is 10.5. The van der Waals surface area contributed by atoms with Gasteiger partial charge in [0, 0.05) is 24.2 Å². The van der Waals surface area contributed by atoms with E-state index < -0.39 is 11.9 Å². The molecule has 1 aliphatic heterocycles. The van der Waals surface area contributed by atoms with Crippen molar-refractivity contribution in [3.63, 3.8) is 0 Å². The Morgan fingerprint density at radius 1 is 0.839 bits per heavy atom. The zero-order valence-electron chi connectivity index (χ0n) is 17.1. The zero-order valence-corrected chi connectivity index (χ0v) is 17.1. The number of carbonyl (C=O) groups excluding carboxylic acids is 2. The van der Waals surface area contributed by atoms with Crippen molar-refractivity contribution in [3.05, 3.63) is 107 Å². The summed E-state index contributed by atoms with van der Waals surface area (Å²) >= 11 is 0. The van der Waals surface area contributed by atoms with E-state index in [9.17, 15) is 19.1 Å². The molecule has 3 aromatic carbocycles. The Morgan fingerprint density at radius 3 is 2.06 bits per heavy atom. The molecule has 4 rings (SSSR count). The van der Waals surface area contributed by atoms with Crippen LogP contribution in [-0.4, -0.2) is 34.8 Å². The fourth-order valence-corrected chi connectivity index (χ4v) is 4.14. The van der Waals surface area contributed by atoms with Crippen molar-refractivity contribution in [2.45, 2.75) is 18.9 Å². The van der Waals surface area contributed by atoms with Gasteiger partial charge in [-0.15, -0.1) is 0 Å². The smallest absolute Gasteiger partial charge is 0.254 e. The van der Waals surface area contributed by atoms with Crippen molar-refractivity contribution in [2.75, 3.05) is 13.1 Å². The van der Waals surface area contributed by atoms with Gasteiger partial charge in [0.1, 0.15) is 5.82 Å². The summed E-state index contributed by atoms with van der Waals surface area (Å²) in [5.41, 5.74) is 1.89. The van der Waals surface area contributed by atoms with Crippen LogP contribution in [-0.2, 0) is 0 Å². The summed E-state index contributed by atoms with van der Waals surface area (Å²) < 4.78 is 13.2. The SMILES string of the molecule is O=C(c1ccc(F)cc1)c1ccccc1C(=O)N1CCC(C(O)c2ccccc2)CC1. The van der Waals surface area contributed by atoms with Crippen LogP contribution in [0.5, 0.6) is 0 Å². The minimum absolute atomic E-state index is 0.0857. The van der Waals surface area contributed by atoms with Gasteiger partial charge in [0.25, 0.3) is 5.91 Å². The van der Waals surface area contributed by atoms with Crippen molar-refractivity contribution in [3.8, 4) is 0 Å². The standard InChI is InChI=1S/C26H24FNO3/c27-21-12-10-19(11-13-21)25(30)22-8-4-5-9-23(22)26(31)28-16-14-20(15-17-28)24(29)18-6-2-1-3-7-18/h1-13,20,24,29H,14-17H2. The van der Waals surface area contributed by atoms with Crippen LogP contribution in [0.15, 0.2) is 78.9 Å². The number of hydrogen-bond donors (Lipinski definition) is 1. The molecule has 0 saturated carbocycles. The summed E-state index contributed by atoms with van der Waals surface area (Å²) in [6.45, 7) is 1.04. The van der Waals surface area contributed by atoms with E-state index in [0.29, 0.717) is 42.6 Å². The van der Waals surface area contributed by atoms with Crippen LogP contribution >= 0.6 is 0 Å². The lowest BCUT2D eigenvalue weighted by atomic mass is 9.87. The number of piperidine rings is 1. The van der Waals surface area contributed by atoms with Gasteiger partial charge >= 0.3 is 0 Å². The van der Waals surface area contributed by atoms with Crippen LogP contribution in [0.25, 0.3) is 0 Å². The highest BCUT2D eigenvalue weighted by Gasteiger charge is 2.30. The Kier molecular flexibility index (Phi) is 6.23. The topological polar surface area (TPSA) is 57.6 Å². The van der Waals surface area contributed by atoms with Crippen molar-refractivity contribution in [1.82, 2.24) is 4.90 Å². The molecule has 1 fully saturated rings. The van der Waals surface area contributed by atoms with E-state index in [-0.39, 0.29) is 17.6 Å². The van der Waals surface area contributed by atoms with Gasteiger partial charge in [-0.2, -0.15) is 0 Å². The summed E-state index contributed by atoms with van der Waals surface area (Å²) in [6.07, 6.45) is 0.831. The second-order valence-electron chi connectivity index (χ2n) is 7.87. The van der Waals surface area contributed by atoms with Gasteiger partial charge in [-0.1, -0.05) is 48.5 Å². The summed E-state index contributed by atoms with van der Waals surface area (Å²) in [5, 5.41) is 10.7. The first-order valence-corrected chi connectivity index (χ1v) is 10.5. The first kappa shape index (κ1) is 20.9. The zero-order chi connectivity index (χ0) is 21.8. The lowest BCUT2D eigenvalue weighted by Crippen LogP contribution is -2.40. The predicted octanol–water partition coefficient (Wildman–Crippen LogP) is 4.64. The minimum Gasteiger partial charge on any atom is -0.388 e. The van der Waals surface area contributed by atoms with Crippen LogP contribution in [0.4, 0.5) is 4.39 Å². The van der Waals surface area contributed by atoms with Crippen LogP contribution in [0, 0.1) is 11.7 Å². The Bertz CT molecular complexity index is 1060. The fourth-order valence-electron chi connectivity index (χ4n) is 4.14. The highest BCUT2D eigenvalue weighted by atomic mass is 19.1. The number of halogens is 1. The van der Waals surface area contributed by atoms with Gasteiger partial charge in [0.05, 0.1) is 11.7 Å². The number of likely N-dealkylation sites (tertiary alicyclic amines) is 1. The van der Waals surface area contributed by atoms with E-state index in [1.807, 2.05) is 30.3 Å². The second kappa shape index (κ2) is 9.23. The summed E-state index contributed by atoms with van der Waals surface area (Å²) in [4.78, 5) is 27.9. The van der Waals surface area contributed by atoms with E-state index in [4.69, 9.17) is 0 Å². The third kappa shape index (κ3) is 4.57. The first-order chi connectivity index (χ1) is 15.0. The quantitative estimate of drug-likeness (QED) is 0.615. The Labute approximate surface area is 181 Å². The Hall–Kier alpha value is -3.31. The molecule has 1 atom stereocenters. The normalized spacial score (nSPS) is 15.5. The highest BCUT2D eigenvalue weighted by Crippen LogP contribution is 2.31. The van der Waals surface area contributed by atoms with E-state index in [1.165, 1.54) is 24.3 Å². The average Bonchev–Trinajstić information content (AvgIpc) is 2.84. The molecule has 0 spiro atoms. The molecule has 1 amide bonds. The van der Waals surface area contributed by atoms with Gasteiger partial charge in [0.2, 0.25) is 0 Å². The number of ketones is 1. The Balaban J connectivity index is 1.47. The predicted molar refractivity (Wildman–Crippen MR) is 116 cm³/mol. The maximum Gasteiger partial charge on any atom is 0.254 e. The fraction of sp³-hybridized carbons (Fsp3) is 0.231. The molecule has 3 aromatic rings. The molecule has 5 heteroatoms. The van der Waals surface area contributed by atoms with Crippen molar-refractivity contribution < 1.29 is 19.1 Å². The maximum absolute atomic E-state index is 13.2. The van der Waals surface area contributed by atoms with E-state index in [2.05, 4.69) is 0 Å². The van der Waals surface area contributed by atoms with Crippen molar-refractivity contribution >= 4 is 11.7 Å². The number of amides is 1. The summed E-state index contributed by atoms with van der Waals surface area (Å²) in [5.74, 6) is -0.832. The molecule has 1 saturated heterocycles. The molecule has 0 aliphatic carbocycles. The molecule has 0 aromatic heterocycles. The summed E-state index contributed by atoms with van der Waals surface area (Å²) in [7, 11) is 0. The third-order valence-electron chi connectivity index (χ3n) is 5.92. The van der Waals surface area contributed by atoms with Gasteiger partial charge in [-0.3, -0.25) is 9.59 Å². The third-order valence-corrected chi connectivity index (χ3v) is 5.92. The van der Waals surface area contributed by atoms with Crippen molar-refractivity contribution in [2.24, 2.45) is 5.92 Å². The van der Waals surface area contributed by atoms with Crippen LogP contribution in [0.3, 0.4) is 0 Å². The van der Waals surface area contributed by atoms with Gasteiger partial charge in [-0.05, 0) is 54.7 Å². The van der Waals surface area contributed by atoms with Gasteiger partial charge < -0.3 is 10.0 Å². The molecule has 1 unspecified atom stereocenters. The largest absolute Gasteiger partial charge is 0.388 e. The maximum atomic E-state index is 13.2. The van der Waals surface area contributed by atoms with Crippen LogP contribution < -0.4 is 0 Å².